The third kappa shape index (κ3) is 4.64. The predicted octanol–water partition coefficient (Wildman–Crippen LogP) is 2.77. The molecule has 0 spiro atoms. The number of fused-ring (bicyclic) bond motifs is 1. The number of hydrogen-bond acceptors (Lipinski definition) is 6. The minimum absolute atomic E-state index is 0.177. The Morgan fingerprint density at radius 3 is 3.12 bits per heavy atom. The number of hydrogen-bond donors (Lipinski definition) is 1. The summed E-state index contributed by atoms with van der Waals surface area (Å²) < 4.78 is 4.86. The maximum absolute atomic E-state index is 11.7. The summed E-state index contributed by atoms with van der Waals surface area (Å²) >= 11 is 1.65. The van der Waals surface area contributed by atoms with E-state index < -0.39 is 0 Å². The summed E-state index contributed by atoms with van der Waals surface area (Å²) in [5.41, 5.74) is 7.06. The van der Waals surface area contributed by atoms with Crippen molar-refractivity contribution in [1.29, 1.82) is 0 Å². The molecule has 25 heavy (non-hydrogen) atoms. The van der Waals surface area contributed by atoms with Gasteiger partial charge in [-0.05, 0) is 64.5 Å². The van der Waals surface area contributed by atoms with E-state index in [-0.39, 0.29) is 6.09 Å². The molecule has 2 atom stereocenters. The number of thiazole rings is 1. The van der Waals surface area contributed by atoms with Crippen LogP contribution in [0.15, 0.2) is 0 Å². The molecule has 1 aromatic rings. The number of rotatable bonds is 5. The summed E-state index contributed by atoms with van der Waals surface area (Å²) in [4.78, 5) is 21.8. The Balaban J connectivity index is 1.41. The first-order chi connectivity index (χ1) is 12.1. The van der Waals surface area contributed by atoms with Crippen molar-refractivity contribution in [1.82, 2.24) is 14.8 Å². The number of anilines is 1. The van der Waals surface area contributed by atoms with Crippen molar-refractivity contribution in [3.8, 4) is 0 Å². The Bertz CT molecular complexity index is 592. The molecule has 0 bridgehead atoms. The number of amides is 1. The van der Waals surface area contributed by atoms with E-state index in [4.69, 9.17) is 10.5 Å². The highest BCUT2D eigenvalue weighted by Gasteiger charge is 2.26. The number of aromatic nitrogens is 1. The van der Waals surface area contributed by atoms with Crippen LogP contribution in [0.4, 0.5) is 9.93 Å². The highest BCUT2D eigenvalue weighted by molar-refractivity contribution is 7.15. The number of nitrogens with zero attached hydrogens (tertiary/aromatic N) is 3. The highest BCUT2D eigenvalue weighted by atomic mass is 32.1. The van der Waals surface area contributed by atoms with Crippen LogP contribution in [0.1, 0.15) is 42.7 Å². The van der Waals surface area contributed by atoms with E-state index in [2.05, 4.69) is 16.9 Å². The molecule has 1 aliphatic carbocycles. The van der Waals surface area contributed by atoms with Crippen molar-refractivity contribution in [2.45, 2.75) is 51.0 Å². The van der Waals surface area contributed by atoms with Crippen molar-refractivity contribution in [3.05, 3.63) is 10.6 Å². The van der Waals surface area contributed by atoms with Crippen molar-refractivity contribution < 1.29 is 9.53 Å². The summed E-state index contributed by atoms with van der Waals surface area (Å²) in [5, 5.41) is 0.709. The number of carbonyl (C=O) groups excluding carboxylic acids is 1. The van der Waals surface area contributed by atoms with Crippen molar-refractivity contribution in [2.75, 3.05) is 39.5 Å². The maximum Gasteiger partial charge on any atom is 0.409 e. The Labute approximate surface area is 154 Å². The fourth-order valence-electron chi connectivity index (χ4n) is 4.16. The van der Waals surface area contributed by atoms with E-state index >= 15 is 0 Å². The molecular weight excluding hydrogens is 336 g/mol. The van der Waals surface area contributed by atoms with Crippen LogP contribution >= 0.6 is 11.3 Å². The molecular formula is C18H30N4O2S. The van der Waals surface area contributed by atoms with Gasteiger partial charge in [0.1, 0.15) is 0 Å². The number of nitrogen functional groups attached to an aromatic ring is 1. The van der Waals surface area contributed by atoms with Gasteiger partial charge in [-0.25, -0.2) is 9.78 Å². The van der Waals surface area contributed by atoms with Gasteiger partial charge in [0.15, 0.2) is 5.13 Å². The normalized spacial score (nSPS) is 23.6. The van der Waals surface area contributed by atoms with Gasteiger partial charge in [0, 0.05) is 24.0 Å². The molecule has 3 rings (SSSR count). The molecule has 6 nitrogen and oxygen atoms in total. The van der Waals surface area contributed by atoms with Gasteiger partial charge >= 0.3 is 6.09 Å². The predicted molar refractivity (Wildman–Crippen MR) is 101 cm³/mol. The molecule has 2 heterocycles. The second-order valence-electron chi connectivity index (χ2n) is 7.37. The zero-order valence-electron chi connectivity index (χ0n) is 15.4. The number of nitrogens with two attached hydrogens (primary N) is 1. The Hall–Kier alpha value is -1.34. The average molecular weight is 367 g/mol. The minimum atomic E-state index is -0.177. The first-order valence-electron chi connectivity index (χ1n) is 9.34. The van der Waals surface area contributed by atoms with Crippen molar-refractivity contribution in [2.24, 2.45) is 5.92 Å². The monoisotopic (exact) mass is 366 g/mol. The van der Waals surface area contributed by atoms with E-state index in [1.165, 1.54) is 43.4 Å². The van der Waals surface area contributed by atoms with Crippen LogP contribution in [0.2, 0.25) is 0 Å². The molecule has 0 radical (unpaired) electrons. The molecule has 1 fully saturated rings. The lowest BCUT2D eigenvalue weighted by molar-refractivity contribution is 0.0991. The fraction of sp³-hybridized carbons (Fsp3) is 0.778. The van der Waals surface area contributed by atoms with Gasteiger partial charge in [-0.15, -0.1) is 11.3 Å². The van der Waals surface area contributed by atoms with Gasteiger partial charge in [0.25, 0.3) is 0 Å². The summed E-state index contributed by atoms with van der Waals surface area (Å²) in [6, 6.07) is 0.602. The second-order valence-corrected chi connectivity index (χ2v) is 8.48. The molecule has 7 heteroatoms. The maximum atomic E-state index is 11.7. The number of likely N-dealkylation sites (N-methyl/N-ethyl adjacent to an activating group) is 1. The molecule has 140 valence electrons. The van der Waals surface area contributed by atoms with Crippen LogP contribution in [-0.2, 0) is 17.6 Å². The van der Waals surface area contributed by atoms with Gasteiger partial charge < -0.3 is 20.3 Å². The minimum Gasteiger partial charge on any atom is -0.453 e. The van der Waals surface area contributed by atoms with Crippen LogP contribution in [0, 0.1) is 5.92 Å². The standard InChI is InChI=1S/C18H30N4O2S/c1-21(14-7-8-15-16(11-14)25-17(19)20-15)9-3-5-13-6-4-10-22(12-13)18(23)24-2/h13-14H,3-12H2,1-2H3,(H2,19,20). The summed E-state index contributed by atoms with van der Waals surface area (Å²) in [6.45, 7) is 2.80. The Morgan fingerprint density at radius 1 is 1.48 bits per heavy atom. The fourth-order valence-corrected chi connectivity index (χ4v) is 5.11. The molecule has 2 N–H and O–H groups in total. The Morgan fingerprint density at radius 2 is 2.32 bits per heavy atom. The largest absolute Gasteiger partial charge is 0.453 e. The molecule has 2 unspecified atom stereocenters. The van der Waals surface area contributed by atoms with E-state index in [9.17, 15) is 4.79 Å². The Kier molecular flexibility index (Phi) is 6.17. The SMILES string of the molecule is COC(=O)N1CCCC(CCCN(C)C2CCc3nc(N)sc3C2)C1. The molecule has 1 amide bonds. The van der Waals surface area contributed by atoms with E-state index in [0.29, 0.717) is 17.1 Å². The van der Waals surface area contributed by atoms with Gasteiger partial charge in [-0.3, -0.25) is 0 Å². The van der Waals surface area contributed by atoms with Crippen LogP contribution in [0.5, 0.6) is 0 Å². The number of carbonyl (C=O) groups is 1. The van der Waals surface area contributed by atoms with E-state index in [0.717, 1.165) is 38.9 Å². The zero-order chi connectivity index (χ0) is 17.8. The first-order valence-corrected chi connectivity index (χ1v) is 10.2. The van der Waals surface area contributed by atoms with E-state index in [1.54, 1.807) is 11.3 Å². The number of aryl methyl sites for hydroxylation is 1. The summed E-state index contributed by atoms with van der Waals surface area (Å²) in [6.07, 6.45) is 7.82. The van der Waals surface area contributed by atoms with Crippen molar-refractivity contribution >= 4 is 22.6 Å². The van der Waals surface area contributed by atoms with Gasteiger partial charge in [-0.1, -0.05) is 0 Å². The molecule has 1 aliphatic heterocycles. The van der Waals surface area contributed by atoms with Crippen LogP contribution < -0.4 is 5.73 Å². The summed E-state index contributed by atoms with van der Waals surface area (Å²) in [7, 11) is 3.70. The van der Waals surface area contributed by atoms with Gasteiger partial charge in [-0.2, -0.15) is 0 Å². The average Bonchev–Trinajstić information content (AvgIpc) is 3.00. The first kappa shape index (κ1) is 18.5. The molecule has 0 saturated carbocycles. The third-order valence-electron chi connectivity index (χ3n) is 5.63. The van der Waals surface area contributed by atoms with Crippen LogP contribution in [-0.4, -0.2) is 60.7 Å². The molecule has 1 saturated heterocycles. The lowest BCUT2D eigenvalue weighted by Gasteiger charge is -2.33. The van der Waals surface area contributed by atoms with Crippen molar-refractivity contribution in [3.63, 3.8) is 0 Å². The second kappa shape index (κ2) is 8.36. The zero-order valence-corrected chi connectivity index (χ0v) is 16.2. The quantitative estimate of drug-likeness (QED) is 0.867. The summed E-state index contributed by atoms with van der Waals surface area (Å²) in [5.74, 6) is 0.612. The highest BCUT2D eigenvalue weighted by Crippen LogP contribution is 2.30. The number of methoxy groups -OCH3 is 1. The van der Waals surface area contributed by atoms with Crippen LogP contribution in [0.25, 0.3) is 0 Å². The lowest BCUT2D eigenvalue weighted by Crippen LogP contribution is -2.40. The number of likely N-dealkylation sites (tertiary alicyclic amines) is 1. The van der Waals surface area contributed by atoms with Gasteiger partial charge in [0.05, 0.1) is 12.8 Å². The van der Waals surface area contributed by atoms with Crippen LogP contribution in [0.3, 0.4) is 0 Å². The van der Waals surface area contributed by atoms with Gasteiger partial charge in [0.2, 0.25) is 0 Å². The number of piperidine rings is 1. The van der Waals surface area contributed by atoms with E-state index in [1.807, 2.05) is 4.90 Å². The molecule has 1 aromatic heterocycles. The smallest absolute Gasteiger partial charge is 0.409 e. The lowest BCUT2D eigenvalue weighted by atomic mass is 9.93. The number of ether oxygens (including phenoxy) is 1. The molecule has 2 aliphatic rings. The topological polar surface area (TPSA) is 71.7 Å². The molecule has 0 aromatic carbocycles. The third-order valence-corrected chi connectivity index (χ3v) is 6.58.